The van der Waals surface area contributed by atoms with Crippen LogP contribution in [0.1, 0.15) is 44.0 Å². The lowest BCUT2D eigenvalue weighted by Crippen LogP contribution is -2.51. The van der Waals surface area contributed by atoms with Gasteiger partial charge in [-0.15, -0.1) is 0 Å². The Bertz CT molecular complexity index is 1330. The summed E-state index contributed by atoms with van der Waals surface area (Å²) in [6, 6.07) is 14.2. The minimum Gasteiger partial charge on any atom is -0.356 e. The fourth-order valence-corrected chi connectivity index (χ4v) is 5.69. The van der Waals surface area contributed by atoms with Crippen molar-refractivity contribution >= 4 is 40.3 Å². The van der Waals surface area contributed by atoms with Gasteiger partial charge < -0.3 is 15.2 Å². The molecule has 0 aliphatic carbocycles. The molecule has 3 aromatic rings. The Morgan fingerprint density at radius 3 is 2.58 bits per heavy atom. The zero-order valence-electron chi connectivity index (χ0n) is 20.8. The highest BCUT2D eigenvalue weighted by Crippen LogP contribution is 2.44. The topological polar surface area (TPSA) is 85.5 Å². The van der Waals surface area contributed by atoms with Crippen LogP contribution in [0.25, 0.3) is 10.9 Å². The molecule has 3 heterocycles. The molecular formula is C28H31ClN4O3. The van der Waals surface area contributed by atoms with Crippen LogP contribution in [0.4, 0.5) is 4.79 Å². The number of carbonyl (C=O) groups is 3. The third kappa shape index (κ3) is 3.95. The molecule has 0 unspecified atom stereocenters. The largest absolute Gasteiger partial charge is 0.356 e. The zero-order chi connectivity index (χ0) is 25.6. The molecule has 2 aromatic carbocycles. The highest BCUT2D eigenvalue weighted by Gasteiger charge is 2.60. The Hall–Kier alpha value is -3.32. The predicted molar refractivity (Wildman–Crippen MR) is 140 cm³/mol. The molecule has 0 bridgehead atoms. The lowest BCUT2D eigenvalue weighted by atomic mass is 9.87. The molecule has 0 saturated carbocycles. The molecule has 8 heteroatoms. The molecule has 2 N–H and O–H groups in total. The van der Waals surface area contributed by atoms with E-state index in [0.29, 0.717) is 37.4 Å². The number of amides is 4. The highest BCUT2D eigenvalue weighted by atomic mass is 35.5. The number of aromatic amines is 1. The number of nitrogens with zero attached hydrogens (tertiary/aromatic N) is 2. The van der Waals surface area contributed by atoms with Gasteiger partial charge in [-0.3, -0.25) is 9.59 Å². The van der Waals surface area contributed by atoms with E-state index in [1.165, 1.54) is 4.90 Å². The second-order valence-electron chi connectivity index (χ2n) is 10.3. The van der Waals surface area contributed by atoms with Crippen LogP contribution < -0.4 is 5.32 Å². The Balaban J connectivity index is 1.41. The molecule has 0 radical (unpaired) electrons. The lowest BCUT2D eigenvalue weighted by molar-refractivity contribution is -0.140. The lowest BCUT2D eigenvalue weighted by Gasteiger charge is -2.36. The number of H-pyrrole nitrogens is 1. The minimum atomic E-state index is -1.16. The smallest absolute Gasteiger partial charge is 0.328 e. The van der Waals surface area contributed by atoms with Crippen molar-refractivity contribution in [1.29, 1.82) is 0 Å². The average Bonchev–Trinajstić information content (AvgIpc) is 3.32. The van der Waals surface area contributed by atoms with Crippen molar-refractivity contribution < 1.29 is 14.4 Å². The van der Waals surface area contributed by atoms with Crippen LogP contribution in [-0.2, 0) is 28.0 Å². The zero-order valence-corrected chi connectivity index (χ0v) is 21.6. The van der Waals surface area contributed by atoms with Crippen LogP contribution >= 0.6 is 11.6 Å². The second-order valence-corrected chi connectivity index (χ2v) is 10.7. The van der Waals surface area contributed by atoms with E-state index in [9.17, 15) is 14.4 Å². The molecule has 2 aliphatic heterocycles. The van der Waals surface area contributed by atoms with E-state index in [1.807, 2.05) is 62.4 Å². The quantitative estimate of drug-likeness (QED) is 0.458. The molecule has 36 heavy (non-hydrogen) atoms. The molecule has 4 amide bonds. The number of imide groups is 1. The van der Waals surface area contributed by atoms with E-state index in [0.717, 1.165) is 27.7 Å². The van der Waals surface area contributed by atoms with Gasteiger partial charge in [0.25, 0.3) is 5.91 Å². The van der Waals surface area contributed by atoms with Crippen LogP contribution in [0.3, 0.4) is 0 Å². The Morgan fingerprint density at radius 2 is 1.86 bits per heavy atom. The number of para-hydroxylation sites is 1. The summed E-state index contributed by atoms with van der Waals surface area (Å²) >= 11 is 5.96. The summed E-state index contributed by atoms with van der Waals surface area (Å²) in [6.07, 6.45) is 1.68. The molecule has 1 saturated heterocycles. The Kier molecular flexibility index (Phi) is 6.29. The highest BCUT2D eigenvalue weighted by molar-refractivity contribution is 6.30. The number of hydrogen-bond donors (Lipinski definition) is 2. The molecule has 7 nitrogen and oxygen atoms in total. The molecule has 0 spiro atoms. The van der Waals surface area contributed by atoms with Gasteiger partial charge in [-0.25, -0.2) is 9.69 Å². The summed E-state index contributed by atoms with van der Waals surface area (Å²) in [5.41, 5.74) is 2.65. The van der Waals surface area contributed by atoms with Crippen molar-refractivity contribution in [1.82, 2.24) is 20.1 Å². The molecule has 1 fully saturated rings. The van der Waals surface area contributed by atoms with E-state index in [-0.39, 0.29) is 17.7 Å². The number of carbonyl (C=O) groups excluding carboxylic acids is 3. The standard InChI is InChI=1S/C28H31ClN4O3/c1-17(2)16-23(25(34)30-14-12-18-8-10-19(29)11-9-18)33-26(35)28(3)24-21(13-15-32(28)27(33)36)20-6-4-5-7-22(20)31-24/h4-11,17,23,31H,12-16H2,1-3H3,(H,30,34)/t23-,28+/m1/s1. The number of nitrogens with one attached hydrogen (secondary N) is 2. The van der Waals surface area contributed by atoms with E-state index < -0.39 is 17.6 Å². The summed E-state index contributed by atoms with van der Waals surface area (Å²) in [4.78, 5) is 47.3. The molecule has 2 aliphatic rings. The van der Waals surface area contributed by atoms with Gasteiger partial charge in [0.05, 0.1) is 5.69 Å². The van der Waals surface area contributed by atoms with Crippen LogP contribution in [0.5, 0.6) is 0 Å². The number of aromatic nitrogens is 1. The van der Waals surface area contributed by atoms with Gasteiger partial charge >= 0.3 is 6.03 Å². The first-order valence-corrected chi connectivity index (χ1v) is 12.9. The monoisotopic (exact) mass is 506 g/mol. The second kappa shape index (κ2) is 9.28. The van der Waals surface area contributed by atoms with Crippen LogP contribution in [0.2, 0.25) is 5.02 Å². The number of hydrogen-bond acceptors (Lipinski definition) is 3. The van der Waals surface area contributed by atoms with Crippen molar-refractivity contribution in [3.8, 4) is 0 Å². The Labute approximate surface area is 215 Å². The maximum atomic E-state index is 14.0. The van der Waals surface area contributed by atoms with Crippen molar-refractivity contribution in [2.24, 2.45) is 5.92 Å². The maximum Gasteiger partial charge on any atom is 0.328 e. The van der Waals surface area contributed by atoms with Gasteiger partial charge in [0, 0.05) is 29.0 Å². The first-order chi connectivity index (χ1) is 17.2. The summed E-state index contributed by atoms with van der Waals surface area (Å²) in [7, 11) is 0. The van der Waals surface area contributed by atoms with E-state index in [2.05, 4.69) is 10.3 Å². The first kappa shape index (κ1) is 24.4. The van der Waals surface area contributed by atoms with Gasteiger partial charge in [-0.1, -0.05) is 55.8 Å². The van der Waals surface area contributed by atoms with Gasteiger partial charge in [0.15, 0.2) is 5.54 Å². The summed E-state index contributed by atoms with van der Waals surface area (Å²) in [6.45, 7) is 6.61. The van der Waals surface area contributed by atoms with Crippen LogP contribution in [0.15, 0.2) is 48.5 Å². The van der Waals surface area contributed by atoms with Crippen molar-refractivity contribution in [2.75, 3.05) is 13.1 Å². The molecule has 1 aromatic heterocycles. The number of halogens is 1. The van der Waals surface area contributed by atoms with Crippen molar-refractivity contribution in [3.63, 3.8) is 0 Å². The normalized spacial score (nSPS) is 20.1. The average molecular weight is 507 g/mol. The van der Waals surface area contributed by atoms with Gasteiger partial charge in [0.1, 0.15) is 6.04 Å². The number of rotatable bonds is 7. The van der Waals surface area contributed by atoms with Gasteiger partial charge in [-0.05, 0) is 61.4 Å². The first-order valence-electron chi connectivity index (χ1n) is 12.5. The van der Waals surface area contributed by atoms with E-state index >= 15 is 0 Å². The minimum absolute atomic E-state index is 0.117. The number of benzene rings is 2. The van der Waals surface area contributed by atoms with Crippen LogP contribution in [0, 0.1) is 5.92 Å². The molecule has 5 rings (SSSR count). The van der Waals surface area contributed by atoms with E-state index in [1.54, 1.807) is 11.8 Å². The third-order valence-corrected chi connectivity index (χ3v) is 7.69. The summed E-state index contributed by atoms with van der Waals surface area (Å²) < 4.78 is 0. The SMILES string of the molecule is CC(C)C[C@H](C(=O)NCCc1ccc(Cl)cc1)N1C(=O)N2CCc3c([nH]c4ccccc34)[C@@]2(C)C1=O. The fraction of sp³-hybridized carbons (Fsp3) is 0.393. The van der Waals surface area contributed by atoms with Crippen molar-refractivity contribution in [2.45, 2.75) is 51.6 Å². The molecule has 2 atom stereocenters. The summed E-state index contributed by atoms with van der Waals surface area (Å²) in [5, 5.41) is 4.70. The molecule has 188 valence electrons. The predicted octanol–water partition coefficient (Wildman–Crippen LogP) is 4.63. The van der Waals surface area contributed by atoms with Crippen LogP contribution in [-0.4, -0.2) is 51.8 Å². The van der Waals surface area contributed by atoms with Gasteiger partial charge in [-0.2, -0.15) is 0 Å². The third-order valence-electron chi connectivity index (χ3n) is 7.43. The van der Waals surface area contributed by atoms with Crippen molar-refractivity contribution in [3.05, 3.63) is 70.4 Å². The maximum absolute atomic E-state index is 14.0. The Morgan fingerprint density at radius 1 is 1.14 bits per heavy atom. The van der Waals surface area contributed by atoms with E-state index in [4.69, 9.17) is 11.6 Å². The fourth-order valence-electron chi connectivity index (χ4n) is 5.57. The molecular weight excluding hydrogens is 476 g/mol. The summed E-state index contributed by atoms with van der Waals surface area (Å²) in [5.74, 6) is -0.537. The van der Waals surface area contributed by atoms with Gasteiger partial charge in [0.2, 0.25) is 5.91 Å². The number of urea groups is 1. The number of fused-ring (bicyclic) bond motifs is 5.